The van der Waals surface area contributed by atoms with Crippen molar-refractivity contribution in [2.24, 2.45) is 0 Å². The van der Waals surface area contributed by atoms with E-state index in [1.54, 1.807) is 48.4 Å². The number of nitrogens with zero attached hydrogens (tertiary/aromatic N) is 2. The van der Waals surface area contributed by atoms with Crippen LogP contribution < -0.4 is 10.1 Å². The summed E-state index contributed by atoms with van der Waals surface area (Å²) in [7, 11) is 1.57. The highest BCUT2D eigenvalue weighted by molar-refractivity contribution is 6.18. The van der Waals surface area contributed by atoms with E-state index >= 15 is 0 Å². The maximum Gasteiger partial charge on any atom is 0.302 e. The quantitative estimate of drug-likeness (QED) is 0.252. The third kappa shape index (κ3) is 7.04. The van der Waals surface area contributed by atoms with Gasteiger partial charge < -0.3 is 24.6 Å². The molecule has 0 aliphatic carbocycles. The SMILES string of the molecule is COc1ccc([C@H]2C(C(=O)c3ccccc3)=C(Nc3ccc(C)cc3)C(=O)N2CCN(CCOC(C)=O)C(C)=O)cc1. The molecule has 4 rings (SSSR count). The predicted molar refractivity (Wildman–Crippen MR) is 159 cm³/mol. The molecule has 0 aromatic heterocycles. The molecule has 0 saturated heterocycles. The molecule has 1 atom stereocenters. The summed E-state index contributed by atoms with van der Waals surface area (Å²) < 4.78 is 10.4. The lowest BCUT2D eigenvalue weighted by Gasteiger charge is -2.30. The lowest BCUT2D eigenvalue weighted by Crippen LogP contribution is -2.42. The van der Waals surface area contributed by atoms with Gasteiger partial charge >= 0.3 is 5.97 Å². The number of rotatable bonds is 12. The van der Waals surface area contributed by atoms with Gasteiger partial charge in [-0.2, -0.15) is 0 Å². The zero-order valence-corrected chi connectivity index (χ0v) is 24.3. The van der Waals surface area contributed by atoms with Gasteiger partial charge in [-0.3, -0.25) is 19.2 Å². The maximum atomic E-state index is 14.2. The van der Waals surface area contributed by atoms with Crippen molar-refractivity contribution in [1.82, 2.24) is 9.80 Å². The van der Waals surface area contributed by atoms with Gasteiger partial charge in [0.25, 0.3) is 5.91 Å². The molecule has 0 bridgehead atoms. The molecular formula is C33H35N3O6. The van der Waals surface area contributed by atoms with Crippen LogP contribution in [0.5, 0.6) is 5.75 Å². The fourth-order valence-corrected chi connectivity index (χ4v) is 4.87. The number of anilines is 1. The van der Waals surface area contributed by atoms with E-state index in [0.717, 1.165) is 11.1 Å². The Morgan fingerprint density at radius 2 is 1.57 bits per heavy atom. The average Bonchev–Trinajstić information content (AvgIpc) is 3.26. The predicted octanol–water partition coefficient (Wildman–Crippen LogP) is 4.55. The molecule has 0 unspecified atom stereocenters. The van der Waals surface area contributed by atoms with Gasteiger partial charge in [-0.1, -0.05) is 60.2 Å². The van der Waals surface area contributed by atoms with Crippen LogP contribution in [0.3, 0.4) is 0 Å². The zero-order valence-electron chi connectivity index (χ0n) is 24.3. The van der Waals surface area contributed by atoms with Crippen molar-refractivity contribution < 1.29 is 28.7 Å². The highest BCUT2D eigenvalue weighted by atomic mass is 16.5. The minimum Gasteiger partial charge on any atom is -0.497 e. The normalized spacial score (nSPS) is 14.5. The van der Waals surface area contributed by atoms with E-state index in [1.807, 2.05) is 49.4 Å². The number of hydrogen-bond donors (Lipinski definition) is 1. The molecule has 42 heavy (non-hydrogen) atoms. The van der Waals surface area contributed by atoms with E-state index in [1.165, 1.54) is 18.7 Å². The number of methoxy groups -OCH3 is 1. The Balaban J connectivity index is 1.77. The van der Waals surface area contributed by atoms with Crippen LogP contribution in [0.1, 0.15) is 41.4 Å². The van der Waals surface area contributed by atoms with E-state index in [0.29, 0.717) is 22.6 Å². The summed E-state index contributed by atoms with van der Waals surface area (Å²) in [5.41, 5.74) is 3.40. The standard InChI is InChI=1S/C33H35N3O6/c1-22-10-14-27(15-11-22)34-30-29(32(39)26-8-6-5-7-9-26)31(25-12-16-28(41-4)17-13-25)36(33(30)40)19-18-35(23(2)37)20-21-42-24(3)38/h5-17,31,34H,18-21H2,1-4H3/t31-/m0/s1. The lowest BCUT2D eigenvalue weighted by molar-refractivity contribution is -0.143. The van der Waals surface area contributed by atoms with Crippen molar-refractivity contribution in [2.75, 3.05) is 38.7 Å². The number of nitrogens with one attached hydrogen (secondary N) is 1. The first-order valence-electron chi connectivity index (χ1n) is 13.7. The summed E-state index contributed by atoms with van der Waals surface area (Å²) in [5.74, 6) is -0.658. The van der Waals surface area contributed by atoms with Gasteiger partial charge in [0.1, 0.15) is 18.1 Å². The lowest BCUT2D eigenvalue weighted by atomic mass is 9.92. The number of hydrogen-bond acceptors (Lipinski definition) is 7. The first-order chi connectivity index (χ1) is 20.2. The molecule has 3 aromatic rings. The molecular weight excluding hydrogens is 534 g/mol. The summed E-state index contributed by atoms with van der Waals surface area (Å²) in [6.45, 7) is 5.24. The van der Waals surface area contributed by atoms with Crippen LogP contribution in [0.15, 0.2) is 90.1 Å². The molecule has 0 radical (unpaired) electrons. The van der Waals surface area contributed by atoms with Crippen molar-refractivity contribution in [3.63, 3.8) is 0 Å². The van der Waals surface area contributed by atoms with E-state index in [9.17, 15) is 19.2 Å². The second kappa shape index (κ2) is 13.6. The van der Waals surface area contributed by atoms with Gasteiger partial charge in [0.05, 0.1) is 25.3 Å². The van der Waals surface area contributed by atoms with Gasteiger partial charge in [-0.05, 0) is 36.8 Å². The molecule has 218 valence electrons. The number of aryl methyl sites for hydroxylation is 1. The van der Waals surface area contributed by atoms with Crippen LogP contribution >= 0.6 is 0 Å². The molecule has 9 heteroatoms. The van der Waals surface area contributed by atoms with Crippen molar-refractivity contribution in [1.29, 1.82) is 0 Å². The van der Waals surface area contributed by atoms with Gasteiger partial charge in [-0.15, -0.1) is 0 Å². The molecule has 9 nitrogen and oxygen atoms in total. The van der Waals surface area contributed by atoms with E-state index in [4.69, 9.17) is 9.47 Å². The number of carbonyl (C=O) groups is 4. The summed E-state index contributed by atoms with van der Waals surface area (Å²) in [5, 5.41) is 3.23. The molecule has 0 fully saturated rings. The Labute approximate surface area is 245 Å². The Bertz CT molecular complexity index is 1470. The number of ketones is 1. The largest absolute Gasteiger partial charge is 0.497 e. The third-order valence-corrected chi connectivity index (χ3v) is 7.08. The maximum absolute atomic E-state index is 14.2. The van der Waals surface area contributed by atoms with E-state index in [2.05, 4.69) is 5.32 Å². The zero-order chi connectivity index (χ0) is 30.2. The van der Waals surface area contributed by atoms with Crippen LogP contribution in [-0.2, 0) is 19.1 Å². The molecule has 0 spiro atoms. The van der Waals surface area contributed by atoms with Crippen LogP contribution in [0, 0.1) is 6.92 Å². The molecule has 1 N–H and O–H groups in total. The van der Waals surface area contributed by atoms with Crippen molar-refractivity contribution in [3.05, 3.63) is 107 Å². The first-order valence-corrected chi connectivity index (χ1v) is 13.7. The third-order valence-electron chi connectivity index (χ3n) is 7.08. The summed E-state index contributed by atoms with van der Waals surface area (Å²) in [6.07, 6.45) is 0. The fourth-order valence-electron chi connectivity index (χ4n) is 4.87. The second-order valence-corrected chi connectivity index (χ2v) is 10.00. The Morgan fingerprint density at radius 1 is 0.905 bits per heavy atom. The number of amides is 2. The molecule has 2 amide bonds. The number of Topliss-reactive ketones (excluding diaryl/α,β-unsaturated/α-hetero) is 1. The topological polar surface area (TPSA) is 105 Å². The highest BCUT2D eigenvalue weighted by Gasteiger charge is 2.43. The number of carbonyl (C=O) groups excluding carboxylic acids is 4. The van der Waals surface area contributed by atoms with Gasteiger partial charge in [0.15, 0.2) is 5.78 Å². The summed E-state index contributed by atoms with van der Waals surface area (Å²) in [4.78, 5) is 55.1. The smallest absolute Gasteiger partial charge is 0.302 e. The Morgan fingerprint density at radius 3 is 2.17 bits per heavy atom. The Hall–Kier alpha value is -4.92. The van der Waals surface area contributed by atoms with E-state index < -0.39 is 12.0 Å². The Kier molecular flexibility index (Phi) is 9.75. The van der Waals surface area contributed by atoms with Gasteiger partial charge in [0, 0.05) is 38.2 Å². The molecule has 1 heterocycles. The molecule has 1 aliphatic rings. The number of ether oxygens (including phenoxy) is 2. The first kappa shape index (κ1) is 30.0. The van der Waals surface area contributed by atoms with Crippen LogP contribution in [0.4, 0.5) is 5.69 Å². The van der Waals surface area contributed by atoms with Crippen LogP contribution in [-0.4, -0.2) is 66.7 Å². The van der Waals surface area contributed by atoms with Crippen molar-refractivity contribution in [3.8, 4) is 5.75 Å². The van der Waals surface area contributed by atoms with Crippen molar-refractivity contribution in [2.45, 2.75) is 26.8 Å². The summed E-state index contributed by atoms with van der Waals surface area (Å²) in [6, 6.07) is 22.9. The minimum atomic E-state index is -0.730. The number of benzene rings is 3. The van der Waals surface area contributed by atoms with E-state index in [-0.39, 0.29) is 49.5 Å². The average molecular weight is 570 g/mol. The monoisotopic (exact) mass is 569 g/mol. The van der Waals surface area contributed by atoms with Gasteiger partial charge in [-0.25, -0.2) is 0 Å². The second-order valence-electron chi connectivity index (χ2n) is 10.00. The number of esters is 1. The van der Waals surface area contributed by atoms with Crippen LogP contribution in [0.25, 0.3) is 0 Å². The van der Waals surface area contributed by atoms with Crippen LogP contribution in [0.2, 0.25) is 0 Å². The molecule has 0 saturated carbocycles. The fraction of sp³-hybridized carbons (Fsp3) is 0.273. The van der Waals surface area contributed by atoms with Gasteiger partial charge in [0.2, 0.25) is 5.91 Å². The van der Waals surface area contributed by atoms with Crippen molar-refractivity contribution >= 4 is 29.3 Å². The molecule has 3 aromatic carbocycles. The summed E-state index contributed by atoms with van der Waals surface area (Å²) >= 11 is 0. The minimum absolute atomic E-state index is 0.0426. The molecule has 1 aliphatic heterocycles. The highest BCUT2D eigenvalue weighted by Crippen LogP contribution is 2.40.